The maximum atomic E-state index is 13.6. The second-order valence-corrected chi connectivity index (χ2v) is 8.72. The van der Waals surface area contributed by atoms with E-state index in [1.54, 1.807) is 19.1 Å². The van der Waals surface area contributed by atoms with Crippen molar-refractivity contribution in [1.82, 2.24) is 8.96 Å². The Labute approximate surface area is 176 Å². The molecule has 0 saturated carbocycles. The summed E-state index contributed by atoms with van der Waals surface area (Å²) in [5.41, 5.74) is -0.203. The van der Waals surface area contributed by atoms with Crippen molar-refractivity contribution in [2.75, 3.05) is 0 Å². The minimum absolute atomic E-state index is 0.0169. The molecule has 2 heterocycles. The van der Waals surface area contributed by atoms with Gasteiger partial charge in [-0.1, -0.05) is 35.9 Å². The van der Waals surface area contributed by atoms with Gasteiger partial charge in [0, 0.05) is 23.3 Å². The van der Waals surface area contributed by atoms with Gasteiger partial charge in [0.25, 0.3) is 10.0 Å². The van der Waals surface area contributed by atoms with Crippen molar-refractivity contribution >= 4 is 21.1 Å². The zero-order valence-electron chi connectivity index (χ0n) is 16.1. The van der Waals surface area contributed by atoms with Gasteiger partial charge in [-0.2, -0.15) is 18.4 Å². The van der Waals surface area contributed by atoms with Crippen molar-refractivity contribution in [1.29, 1.82) is 5.26 Å². The van der Waals surface area contributed by atoms with E-state index in [2.05, 4.69) is 4.98 Å². The normalized spacial score (nSPS) is 12.1. The highest BCUT2D eigenvalue weighted by molar-refractivity contribution is 7.90. The highest BCUT2D eigenvalue weighted by Crippen LogP contribution is 2.40. The summed E-state index contributed by atoms with van der Waals surface area (Å²) in [6, 6.07) is 14.2. The molecule has 0 aliphatic heterocycles. The fourth-order valence-corrected chi connectivity index (χ4v) is 4.65. The van der Waals surface area contributed by atoms with Gasteiger partial charge < -0.3 is 0 Å². The van der Waals surface area contributed by atoms with Crippen molar-refractivity contribution in [3.05, 3.63) is 83.7 Å². The molecule has 31 heavy (non-hydrogen) atoms. The number of hydrogen-bond acceptors (Lipinski definition) is 4. The van der Waals surface area contributed by atoms with Gasteiger partial charge >= 0.3 is 6.18 Å². The van der Waals surface area contributed by atoms with E-state index in [1.165, 1.54) is 42.6 Å². The van der Waals surface area contributed by atoms with E-state index >= 15 is 0 Å². The molecule has 9 heteroatoms. The third-order valence-corrected chi connectivity index (χ3v) is 6.51. The molecule has 5 nitrogen and oxygen atoms in total. The van der Waals surface area contributed by atoms with Crippen LogP contribution in [0, 0.1) is 18.3 Å². The van der Waals surface area contributed by atoms with Gasteiger partial charge in [0.1, 0.15) is 6.07 Å². The van der Waals surface area contributed by atoms with Gasteiger partial charge in [0.15, 0.2) is 5.65 Å². The number of nitriles is 1. The monoisotopic (exact) mass is 441 g/mol. The lowest BCUT2D eigenvalue weighted by molar-refractivity contribution is -0.137. The smallest absolute Gasteiger partial charge is 0.236 e. The summed E-state index contributed by atoms with van der Waals surface area (Å²) >= 11 is 0. The van der Waals surface area contributed by atoms with E-state index in [0.29, 0.717) is 0 Å². The zero-order chi connectivity index (χ0) is 22.4. The second kappa shape index (κ2) is 7.25. The topological polar surface area (TPSA) is 75.8 Å². The Balaban J connectivity index is 2.06. The van der Waals surface area contributed by atoms with E-state index in [4.69, 9.17) is 0 Å². The number of halogens is 3. The molecule has 0 aliphatic rings. The van der Waals surface area contributed by atoms with Crippen LogP contribution in [0.3, 0.4) is 0 Å². The van der Waals surface area contributed by atoms with Crippen LogP contribution in [0.1, 0.15) is 16.7 Å². The van der Waals surface area contributed by atoms with E-state index in [0.717, 1.165) is 21.8 Å². The van der Waals surface area contributed by atoms with Crippen LogP contribution in [0.4, 0.5) is 13.2 Å². The van der Waals surface area contributed by atoms with E-state index < -0.39 is 21.8 Å². The molecule has 0 amide bonds. The molecular formula is C22H14F3N3O2S. The number of fused-ring (bicyclic) bond motifs is 1. The zero-order valence-corrected chi connectivity index (χ0v) is 16.9. The standard InChI is InChI=1S/C22H14F3N3O2S/c1-14-6-8-16(9-7-14)31(29,30)28-13-19(18-10-15(11-26)12-27-21(18)28)17-4-2-3-5-20(17)22(23,24)25/h2-10,12-13H,1H3. The number of pyridine rings is 1. The first kappa shape index (κ1) is 20.6. The Morgan fingerprint density at radius 1 is 1.03 bits per heavy atom. The van der Waals surface area contributed by atoms with E-state index in [9.17, 15) is 26.9 Å². The molecule has 2 aromatic carbocycles. The van der Waals surface area contributed by atoms with Crippen molar-refractivity contribution < 1.29 is 21.6 Å². The van der Waals surface area contributed by atoms with Gasteiger partial charge in [-0.05, 0) is 36.8 Å². The summed E-state index contributed by atoms with van der Waals surface area (Å²) in [6.07, 6.45) is -2.34. The molecule has 0 N–H and O–H groups in total. The Morgan fingerprint density at radius 3 is 2.35 bits per heavy atom. The summed E-state index contributed by atoms with van der Waals surface area (Å²) in [7, 11) is -4.15. The van der Waals surface area contributed by atoms with Gasteiger partial charge in [-0.25, -0.2) is 17.4 Å². The predicted octanol–water partition coefficient (Wildman–Crippen LogP) is 5.14. The maximum absolute atomic E-state index is 13.6. The van der Waals surface area contributed by atoms with E-state index in [-0.39, 0.29) is 32.6 Å². The molecule has 0 radical (unpaired) electrons. The number of alkyl halides is 3. The van der Waals surface area contributed by atoms with Crippen LogP contribution in [-0.2, 0) is 16.2 Å². The quantitative estimate of drug-likeness (QED) is 0.441. The van der Waals surface area contributed by atoms with Crippen LogP contribution in [0.2, 0.25) is 0 Å². The lowest BCUT2D eigenvalue weighted by atomic mass is 9.99. The molecule has 0 aliphatic carbocycles. The Hall–Kier alpha value is -3.64. The fraction of sp³-hybridized carbons (Fsp3) is 0.0909. The fourth-order valence-electron chi connectivity index (χ4n) is 3.33. The summed E-state index contributed by atoms with van der Waals surface area (Å²) in [5.74, 6) is 0. The first-order chi connectivity index (χ1) is 14.6. The molecule has 0 unspecified atom stereocenters. The highest BCUT2D eigenvalue weighted by atomic mass is 32.2. The predicted molar refractivity (Wildman–Crippen MR) is 109 cm³/mol. The van der Waals surface area contributed by atoms with Crippen LogP contribution in [0.25, 0.3) is 22.2 Å². The first-order valence-electron chi connectivity index (χ1n) is 9.03. The van der Waals surface area contributed by atoms with Crippen LogP contribution < -0.4 is 0 Å². The largest absolute Gasteiger partial charge is 0.417 e. The Kier molecular flexibility index (Phi) is 4.82. The van der Waals surface area contributed by atoms with Crippen molar-refractivity contribution in [2.45, 2.75) is 18.0 Å². The molecule has 0 spiro atoms. The minimum atomic E-state index is -4.65. The van der Waals surface area contributed by atoms with Crippen molar-refractivity contribution in [3.8, 4) is 17.2 Å². The molecule has 0 bridgehead atoms. The lowest BCUT2D eigenvalue weighted by Crippen LogP contribution is -2.12. The number of aryl methyl sites for hydroxylation is 1. The summed E-state index contributed by atoms with van der Waals surface area (Å²) in [6.45, 7) is 1.80. The van der Waals surface area contributed by atoms with Crippen LogP contribution in [-0.4, -0.2) is 17.4 Å². The van der Waals surface area contributed by atoms with Crippen LogP contribution in [0.5, 0.6) is 0 Å². The molecule has 0 saturated heterocycles. The maximum Gasteiger partial charge on any atom is 0.417 e. The Bertz CT molecular complexity index is 1450. The number of rotatable bonds is 3. The van der Waals surface area contributed by atoms with Gasteiger partial charge in [0.2, 0.25) is 0 Å². The SMILES string of the molecule is Cc1ccc(S(=O)(=O)n2cc(-c3ccccc3C(F)(F)F)c3cc(C#N)cnc32)cc1. The van der Waals surface area contributed by atoms with Crippen LogP contribution >= 0.6 is 0 Å². The van der Waals surface area contributed by atoms with Gasteiger partial charge in [-0.3, -0.25) is 0 Å². The third kappa shape index (κ3) is 3.55. The third-order valence-electron chi connectivity index (χ3n) is 4.84. The first-order valence-corrected chi connectivity index (χ1v) is 10.5. The number of nitrogens with zero attached hydrogens (tertiary/aromatic N) is 3. The highest BCUT2D eigenvalue weighted by Gasteiger charge is 2.34. The lowest BCUT2D eigenvalue weighted by Gasteiger charge is -2.12. The molecule has 2 aromatic heterocycles. The van der Waals surface area contributed by atoms with Crippen molar-refractivity contribution in [2.24, 2.45) is 0 Å². The number of hydrogen-bond donors (Lipinski definition) is 0. The summed E-state index contributed by atoms with van der Waals surface area (Å²) in [5, 5.41) is 9.35. The average molecular weight is 441 g/mol. The molecular weight excluding hydrogens is 427 g/mol. The second-order valence-electron chi connectivity index (χ2n) is 6.91. The molecule has 4 rings (SSSR count). The molecule has 4 aromatic rings. The number of aromatic nitrogens is 2. The number of benzene rings is 2. The molecule has 0 fully saturated rings. The average Bonchev–Trinajstić information content (AvgIpc) is 3.13. The Morgan fingerprint density at radius 2 is 1.71 bits per heavy atom. The van der Waals surface area contributed by atoms with E-state index in [1.807, 2.05) is 6.07 Å². The molecule has 0 atom stereocenters. The minimum Gasteiger partial charge on any atom is -0.236 e. The van der Waals surface area contributed by atoms with Crippen molar-refractivity contribution in [3.63, 3.8) is 0 Å². The van der Waals surface area contributed by atoms with Gasteiger partial charge in [0.05, 0.1) is 16.0 Å². The van der Waals surface area contributed by atoms with Gasteiger partial charge in [-0.15, -0.1) is 0 Å². The summed E-state index contributed by atoms with van der Waals surface area (Å²) in [4.78, 5) is 4.05. The summed E-state index contributed by atoms with van der Waals surface area (Å²) < 4.78 is 68.3. The molecule has 156 valence electrons. The van der Waals surface area contributed by atoms with Crippen LogP contribution in [0.15, 0.2) is 71.9 Å².